The van der Waals surface area contributed by atoms with Crippen LogP contribution >= 0.6 is 0 Å². The van der Waals surface area contributed by atoms with Crippen LogP contribution in [0.25, 0.3) is 0 Å². The van der Waals surface area contributed by atoms with Gasteiger partial charge in [-0.15, -0.1) is 0 Å². The Balaban J connectivity index is 3.10. The van der Waals surface area contributed by atoms with Crippen molar-refractivity contribution in [1.29, 1.82) is 0 Å². The summed E-state index contributed by atoms with van der Waals surface area (Å²) < 4.78 is 0. The van der Waals surface area contributed by atoms with E-state index in [1.165, 1.54) is 5.56 Å². The van der Waals surface area contributed by atoms with E-state index in [0.717, 1.165) is 11.1 Å². The molecule has 1 aromatic rings. The molecule has 1 rings (SSSR count). The van der Waals surface area contributed by atoms with Crippen LogP contribution in [-0.4, -0.2) is 11.7 Å². The van der Waals surface area contributed by atoms with E-state index in [1.807, 2.05) is 39.8 Å². The molecule has 0 heterocycles. The van der Waals surface area contributed by atoms with Crippen LogP contribution in [0.1, 0.15) is 36.6 Å². The molecule has 0 bridgehead atoms. The maximum atomic E-state index is 10.3. The van der Waals surface area contributed by atoms with Gasteiger partial charge in [0.05, 0.1) is 6.10 Å². The second kappa shape index (κ2) is 4.33. The first-order chi connectivity index (χ1) is 6.88. The number of aliphatic hydroxyl groups is 1. The third-order valence-corrected chi connectivity index (χ3v) is 3.00. The minimum Gasteiger partial charge on any atom is -0.388 e. The molecule has 2 heteroatoms. The van der Waals surface area contributed by atoms with Gasteiger partial charge in [-0.25, -0.2) is 0 Å². The summed E-state index contributed by atoms with van der Waals surface area (Å²) >= 11 is 0. The number of aryl methyl sites for hydroxylation is 2. The first kappa shape index (κ1) is 12.2. The van der Waals surface area contributed by atoms with E-state index < -0.39 is 6.10 Å². The molecule has 3 N–H and O–H groups in total. The number of nitrogens with two attached hydrogens (primary N) is 1. The normalized spacial score (nSPS) is 14.0. The van der Waals surface area contributed by atoms with Crippen molar-refractivity contribution in [2.24, 2.45) is 11.1 Å². The third-order valence-electron chi connectivity index (χ3n) is 3.00. The van der Waals surface area contributed by atoms with Crippen LogP contribution in [-0.2, 0) is 0 Å². The zero-order chi connectivity index (χ0) is 11.6. The number of hydrogen-bond donors (Lipinski definition) is 2. The summed E-state index contributed by atoms with van der Waals surface area (Å²) in [7, 11) is 0. The standard InChI is InChI=1S/C13H21NO/c1-9-5-6-10(2)11(7-9)12(15)13(3,4)8-14/h5-7,12,15H,8,14H2,1-4H3. The fourth-order valence-electron chi connectivity index (χ4n) is 1.59. The summed E-state index contributed by atoms with van der Waals surface area (Å²) in [5.74, 6) is 0. The van der Waals surface area contributed by atoms with Crippen LogP contribution in [0.4, 0.5) is 0 Å². The molecule has 0 aliphatic rings. The molecule has 1 unspecified atom stereocenters. The van der Waals surface area contributed by atoms with Crippen molar-refractivity contribution in [2.75, 3.05) is 6.54 Å². The zero-order valence-electron chi connectivity index (χ0n) is 10.0. The lowest BCUT2D eigenvalue weighted by atomic mass is 9.81. The van der Waals surface area contributed by atoms with Crippen LogP contribution in [0.15, 0.2) is 18.2 Å². The summed E-state index contributed by atoms with van der Waals surface area (Å²) in [6.45, 7) is 8.50. The average molecular weight is 207 g/mol. The molecular weight excluding hydrogens is 186 g/mol. The van der Waals surface area contributed by atoms with Gasteiger partial charge in [0.1, 0.15) is 0 Å². The van der Waals surface area contributed by atoms with Gasteiger partial charge in [0.15, 0.2) is 0 Å². The Morgan fingerprint density at radius 3 is 2.47 bits per heavy atom. The zero-order valence-corrected chi connectivity index (χ0v) is 10.0. The fourth-order valence-corrected chi connectivity index (χ4v) is 1.59. The average Bonchev–Trinajstić information content (AvgIpc) is 2.20. The largest absolute Gasteiger partial charge is 0.388 e. The Morgan fingerprint density at radius 1 is 1.33 bits per heavy atom. The highest BCUT2D eigenvalue weighted by Crippen LogP contribution is 2.34. The molecule has 2 nitrogen and oxygen atoms in total. The lowest BCUT2D eigenvalue weighted by molar-refractivity contribution is 0.0549. The monoisotopic (exact) mass is 207 g/mol. The molecular formula is C13H21NO. The number of aliphatic hydroxyl groups excluding tert-OH is 1. The molecule has 1 aromatic carbocycles. The molecule has 0 aliphatic carbocycles. The summed E-state index contributed by atoms with van der Waals surface area (Å²) in [6, 6.07) is 6.14. The lowest BCUT2D eigenvalue weighted by Gasteiger charge is -2.30. The third kappa shape index (κ3) is 2.58. The summed E-state index contributed by atoms with van der Waals surface area (Å²) in [4.78, 5) is 0. The van der Waals surface area contributed by atoms with Crippen LogP contribution in [0.3, 0.4) is 0 Å². The van der Waals surface area contributed by atoms with E-state index in [0.29, 0.717) is 6.54 Å². The summed E-state index contributed by atoms with van der Waals surface area (Å²) in [6.07, 6.45) is -0.498. The van der Waals surface area contributed by atoms with E-state index in [2.05, 4.69) is 6.07 Å². The SMILES string of the molecule is Cc1ccc(C)c(C(O)C(C)(C)CN)c1. The molecule has 0 radical (unpaired) electrons. The van der Waals surface area contributed by atoms with Crippen LogP contribution in [0, 0.1) is 19.3 Å². The molecule has 15 heavy (non-hydrogen) atoms. The van der Waals surface area contributed by atoms with Gasteiger partial charge < -0.3 is 10.8 Å². The van der Waals surface area contributed by atoms with E-state index in [9.17, 15) is 5.11 Å². The number of hydrogen-bond acceptors (Lipinski definition) is 2. The second-order valence-electron chi connectivity index (χ2n) is 4.96. The maximum Gasteiger partial charge on any atom is 0.0855 e. The Kier molecular flexibility index (Phi) is 3.53. The number of rotatable bonds is 3. The van der Waals surface area contributed by atoms with E-state index >= 15 is 0 Å². The molecule has 0 aromatic heterocycles. The van der Waals surface area contributed by atoms with Crippen LogP contribution in [0.5, 0.6) is 0 Å². The van der Waals surface area contributed by atoms with Gasteiger partial charge in [-0.1, -0.05) is 37.6 Å². The highest BCUT2D eigenvalue weighted by molar-refractivity contribution is 5.33. The maximum absolute atomic E-state index is 10.3. The van der Waals surface area contributed by atoms with Crippen molar-refractivity contribution in [3.05, 3.63) is 34.9 Å². The predicted octanol–water partition coefficient (Wildman–Crippen LogP) is 2.32. The molecule has 0 fully saturated rings. The molecule has 0 saturated heterocycles. The first-order valence-corrected chi connectivity index (χ1v) is 5.34. The molecule has 0 saturated carbocycles. The van der Waals surface area contributed by atoms with Gasteiger partial charge >= 0.3 is 0 Å². The molecule has 84 valence electrons. The quantitative estimate of drug-likeness (QED) is 0.799. The van der Waals surface area contributed by atoms with E-state index in [-0.39, 0.29) is 5.41 Å². The van der Waals surface area contributed by atoms with Gasteiger partial charge in [0, 0.05) is 12.0 Å². The Bertz CT molecular complexity index is 344. The van der Waals surface area contributed by atoms with Crippen molar-refractivity contribution in [3.63, 3.8) is 0 Å². The van der Waals surface area contributed by atoms with Crippen LogP contribution < -0.4 is 5.73 Å². The minimum atomic E-state index is -0.498. The fraction of sp³-hybridized carbons (Fsp3) is 0.538. The number of benzene rings is 1. The van der Waals surface area contributed by atoms with Gasteiger partial charge in [-0.2, -0.15) is 0 Å². The first-order valence-electron chi connectivity index (χ1n) is 5.34. The van der Waals surface area contributed by atoms with E-state index in [4.69, 9.17) is 5.73 Å². The molecule has 0 amide bonds. The van der Waals surface area contributed by atoms with Crippen molar-refractivity contribution >= 4 is 0 Å². The molecule has 1 atom stereocenters. The van der Waals surface area contributed by atoms with Gasteiger partial charge in [0.25, 0.3) is 0 Å². The smallest absolute Gasteiger partial charge is 0.0855 e. The predicted molar refractivity (Wildman–Crippen MR) is 63.7 cm³/mol. The van der Waals surface area contributed by atoms with Gasteiger partial charge in [-0.3, -0.25) is 0 Å². The Morgan fingerprint density at radius 2 is 1.93 bits per heavy atom. The second-order valence-corrected chi connectivity index (χ2v) is 4.96. The summed E-state index contributed by atoms with van der Waals surface area (Å²) in [5.41, 5.74) is 8.67. The highest BCUT2D eigenvalue weighted by atomic mass is 16.3. The van der Waals surface area contributed by atoms with Crippen molar-refractivity contribution < 1.29 is 5.11 Å². The minimum absolute atomic E-state index is 0.279. The lowest BCUT2D eigenvalue weighted by Crippen LogP contribution is -2.31. The van der Waals surface area contributed by atoms with Gasteiger partial charge in [0.2, 0.25) is 0 Å². The van der Waals surface area contributed by atoms with Crippen molar-refractivity contribution in [3.8, 4) is 0 Å². The highest BCUT2D eigenvalue weighted by Gasteiger charge is 2.28. The molecule has 0 aliphatic heterocycles. The Labute approximate surface area is 92.1 Å². The van der Waals surface area contributed by atoms with E-state index in [1.54, 1.807) is 0 Å². The van der Waals surface area contributed by atoms with Crippen molar-refractivity contribution in [2.45, 2.75) is 33.8 Å². The van der Waals surface area contributed by atoms with Crippen molar-refractivity contribution in [1.82, 2.24) is 0 Å². The van der Waals surface area contributed by atoms with Crippen LogP contribution in [0.2, 0.25) is 0 Å². The molecule has 0 spiro atoms. The Hall–Kier alpha value is -0.860. The topological polar surface area (TPSA) is 46.2 Å². The van der Waals surface area contributed by atoms with Gasteiger partial charge in [-0.05, 0) is 25.0 Å². The summed E-state index contributed by atoms with van der Waals surface area (Å²) in [5, 5.41) is 10.3.